The highest BCUT2D eigenvalue weighted by Crippen LogP contribution is 2.30. The number of aromatic nitrogens is 3. The van der Waals surface area contributed by atoms with Gasteiger partial charge in [-0.2, -0.15) is 4.98 Å². The molecule has 2 unspecified atom stereocenters. The van der Waals surface area contributed by atoms with Gasteiger partial charge in [0.25, 0.3) is 10.0 Å². The number of rotatable bonds is 3. The van der Waals surface area contributed by atoms with Gasteiger partial charge in [0.1, 0.15) is 6.10 Å². The normalized spacial score (nSPS) is 20.6. The van der Waals surface area contributed by atoms with E-state index in [1.807, 2.05) is 68.7 Å². The molecule has 0 radical (unpaired) electrons. The van der Waals surface area contributed by atoms with E-state index in [1.54, 1.807) is 18.2 Å². The summed E-state index contributed by atoms with van der Waals surface area (Å²) in [6, 6.07) is 19.0. The van der Waals surface area contributed by atoms with Crippen molar-refractivity contribution in [3.63, 3.8) is 0 Å². The first kappa shape index (κ1) is 26.4. The number of sulfonamides is 1. The Balaban J connectivity index is 1.43. The zero-order chi connectivity index (χ0) is 27.7. The molecule has 10 heteroatoms. The molecular weight excluding hydrogens is 524 g/mol. The molecule has 0 amide bonds. The number of hydrogen-bond acceptors (Lipinski definition) is 8. The Morgan fingerprint density at radius 2 is 1.73 bits per heavy atom. The van der Waals surface area contributed by atoms with E-state index in [-0.39, 0.29) is 16.9 Å². The molecule has 4 heterocycles. The van der Waals surface area contributed by atoms with E-state index >= 15 is 0 Å². The number of hydrogen-bond donors (Lipinski definition) is 1. The van der Waals surface area contributed by atoms with Crippen molar-refractivity contribution in [1.29, 1.82) is 0 Å². The van der Waals surface area contributed by atoms with Crippen LogP contribution < -0.4 is 9.46 Å². The van der Waals surface area contributed by atoms with Crippen molar-refractivity contribution in [3.8, 4) is 17.1 Å². The van der Waals surface area contributed by atoms with Crippen molar-refractivity contribution in [3.05, 3.63) is 95.3 Å². The summed E-state index contributed by atoms with van der Waals surface area (Å²) >= 11 is 0. The molecule has 2 atom stereocenters. The molecule has 0 spiro atoms. The monoisotopic (exact) mass is 556 g/mol. The number of nitrogens with one attached hydrogen (secondary N) is 1. The summed E-state index contributed by atoms with van der Waals surface area (Å²) in [6.07, 6.45) is 3.44. The molecular formula is C30H32N6O3S. The highest BCUT2D eigenvalue weighted by molar-refractivity contribution is 7.92. The second-order valence-electron chi connectivity index (χ2n) is 10.5. The predicted octanol–water partition coefficient (Wildman–Crippen LogP) is 4.04. The first-order valence-corrected chi connectivity index (χ1v) is 14.9. The number of ether oxygens (including phenoxy) is 1. The van der Waals surface area contributed by atoms with E-state index in [0.29, 0.717) is 31.2 Å². The van der Waals surface area contributed by atoms with Gasteiger partial charge in [-0.1, -0.05) is 30.3 Å². The smallest absolute Gasteiger partial charge is 0.264 e. The molecule has 0 aliphatic carbocycles. The van der Waals surface area contributed by atoms with Crippen LogP contribution in [0.3, 0.4) is 0 Å². The zero-order valence-corrected chi connectivity index (χ0v) is 23.4. The third-order valence-corrected chi connectivity index (χ3v) is 8.71. The van der Waals surface area contributed by atoms with Crippen molar-refractivity contribution < 1.29 is 13.2 Å². The highest BCUT2D eigenvalue weighted by atomic mass is 32.2. The standard InChI is InChI=1S/C30H32N6O3S/c1-21-5-3-6-22(2)29(21)27-16-28-33-30(32-27)34-40(37,38)26-8-4-7-24(15-26)18-36-14-13-35(19-25(20-36)39-28)17-23-9-11-31-12-10-23/h3-12,15-16,25H,13-14,17-20H2,1-2H3,(H,32,33,34). The molecule has 1 fully saturated rings. The first-order chi connectivity index (χ1) is 19.3. The molecule has 40 heavy (non-hydrogen) atoms. The van der Waals surface area contributed by atoms with Crippen LogP contribution in [0, 0.1) is 13.8 Å². The number of fused-ring (bicyclic) bond motifs is 6. The van der Waals surface area contributed by atoms with Crippen LogP contribution in [0.25, 0.3) is 11.3 Å². The summed E-state index contributed by atoms with van der Waals surface area (Å²) in [7, 11) is -3.91. The van der Waals surface area contributed by atoms with Crippen molar-refractivity contribution in [1.82, 2.24) is 24.8 Å². The maximum atomic E-state index is 13.4. The van der Waals surface area contributed by atoms with Crippen LogP contribution in [0.15, 0.2) is 78.0 Å². The molecule has 2 aliphatic rings. The minimum absolute atomic E-state index is 0.0149. The molecule has 6 rings (SSSR count). The Morgan fingerprint density at radius 1 is 0.950 bits per heavy atom. The van der Waals surface area contributed by atoms with Crippen molar-refractivity contribution in [2.24, 2.45) is 0 Å². The highest BCUT2D eigenvalue weighted by Gasteiger charge is 2.27. The van der Waals surface area contributed by atoms with Crippen LogP contribution in [-0.4, -0.2) is 65.5 Å². The molecule has 6 bridgehead atoms. The molecule has 4 aromatic rings. The summed E-state index contributed by atoms with van der Waals surface area (Å²) in [5, 5.41) is 0. The summed E-state index contributed by atoms with van der Waals surface area (Å²) in [5.74, 6) is 0.325. The molecule has 2 aliphatic heterocycles. The van der Waals surface area contributed by atoms with E-state index in [9.17, 15) is 8.42 Å². The summed E-state index contributed by atoms with van der Waals surface area (Å²) in [5.41, 5.74) is 5.73. The van der Waals surface area contributed by atoms with Crippen molar-refractivity contribution in [2.75, 3.05) is 30.9 Å². The van der Waals surface area contributed by atoms with Crippen LogP contribution in [0.1, 0.15) is 22.3 Å². The molecule has 2 aromatic carbocycles. The third-order valence-electron chi connectivity index (χ3n) is 7.38. The minimum Gasteiger partial charge on any atom is -0.471 e. The van der Waals surface area contributed by atoms with Gasteiger partial charge in [-0.25, -0.2) is 18.1 Å². The van der Waals surface area contributed by atoms with Crippen molar-refractivity contribution >= 4 is 16.0 Å². The minimum atomic E-state index is -3.91. The third kappa shape index (κ3) is 5.84. The van der Waals surface area contributed by atoms with Gasteiger partial charge in [-0.3, -0.25) is 14.8 Å². The Bertz CT molecular complexity index is 1610. The van der Waals surface area contributed by atoms with Gasteiger partial charge in [0.15, 0.2) is 0 Å². The fourth-order valence-electron chi connectivity index (χ4n) is 5.50. The predicted molar refractivity (Wildman–Crippen MR) is 153 cm³/mol. The maximum absolute atomic E-state index is 13.4. The van der Waals surface area contributed by atoms with Gasteiger partial charge in [0.05, 0.1) is 10.6 Å². The Labute approximate surface area is 234 Å². The van der Waals surface area contributed by atoms with Gasteiger partial charge >= 0.3 is 0 Å². The largest absolute Gasteiger partial charge is 0.471 e. The second-order valence-corrected chi connectivity index (χ2v) is 12.2. The summed E-state index contributed by atoms with van der Waals surface area (Å²) < 4.78 is 36.0. The second kappa shape index (κ2) is 11.0. The van der Waals surface area contributed by atoms with Crippen LogP contribution in [0.4, 0.5) is 5.95 Å². The number of aryl methyl sites for hydroxylation is 2. The lowest BCUT2D eigenvalue weighted by molar-refractivity contribution is 0.122. The van der Waals surface area contributed by atoms with E-state index in [1.165, 1.54) is 5.56 Å². The summed E-state index contributed by atoms with van der Waals surface area (Å²) in [6.45, 7) is 8.48. The number of pyridine rings is 1. The van der Waals surface area contributed by atoms with Gasteiger partial charge in [-0.15, -0.1) is 0 Å². The molecule has 1 saturated heterocycles. The molecule has 9 nitrogen and oxygen atoms in total. The lowest BCUT2D eigenvalue weighted by atomic mass is 10.00. The van der Waals surface area contributed by atoms with Crippen LogP contribution in [0.2, 0.25) is 0 Å². The summed E-state index contributed by atoms with van der Waals surface area (Å²) in [4.78, 5) is 18.2. The lowest BCUT2D eigenvalue weighted by Gasteiger charge is -2.25. The quantitative estimate of drug-likeness (QED) is 0.404. The molecule has 0 saturated carbocycles. The average molecular weight is 557 g/mol. The van der Waals surface area contributed by atoms with Crippen LogP contribution in [-0.2, 0) is 23.1 Å². The molecule has 1 N–H and O–H groups in total. The van der Waals surface area contributed by atoms with Crippen LogP contribution in [0.5, 0.6) is 5.88 Å². The van der Waals surface area contributed by atoms with E-state index < -0.39 is 10.0 Å². The lowest BCUT2D eigenvalue weighted by Crippen LogP contribution is -2.37. The fourth-order valence-corrected chi connectivity index (χ4v) is 6.52. The van der Waals surface area contributed by atoms with Gasteiger partial charge < -0.3 is 4.74 Å². The molecule has 2 aromatic heterocycles. The maximum Gasteiger partial charge on any atom is 0.264 e. The SMILES string of the molecule is Cc1cccc(C)c1-c1cc2nc(n1)NS(=O)(=O)c1cccc(c1)CN1CCN(Cc3ccncc3)CC(C1)O2. The zero-order valence-electron chi connectivity index (χ0n) is 22.6. The van der Waals surface area contributed by atoms with Gasteiger partial charge in [-0.05, 0) is 60.4 Å². The first-order valence-electron chi connectivity index (χ1n) is 13.4. The number of benzene rings is 2. The fraction of sp³-hybridized carbons (Fsp3) is 0.300. The topological polar surface area (TPSA) is 101 Å². The van der Waals surface area contributed by atoms with Gasteiger partial charge in [0, 0.05) is 63.3 Å². The van der Waals surface area contributed by atoms with E-state index in [4.69, 9.17) is 4.74 Å². The number of nitrogens with zero attached hydrogens (tertiary/aromatic N) is 5. The van der Waals surface area contributed by atoms with E-state index in [0.717, 1.165) is 41.9 Å². The number of anilines is 1. The Kier molecular flexibility index (Phi) is 7.22. The molecule has 206 valence electrons. The van der Waals surface area contributed by atoms with Gasteiger partial charge in [0.2, 0.25) is 11.8 Å². The van der Waals surface area contributed by atoms with E-state index in [2.05, 4.69) is 29.5 Å². The Morgan fingerprint density at radius 3 is 2.52 bits per heavy atom. The average Bonchev–Trinajstić information content (AvgIpc) is 3.09. The van der Waals surface area contributed by atoms with Crippen LogP contribution >= 0.6 is 0 Å². The van der Waals surface area contributed by atoms with Crippen molar-refractivity contribution in [2.45, 2.75) is 37.9 Å². The Hall–Kier alpha value is -3.86.